The van der Waals surface area contributed by atoms with Gasteiger partial charge in [0.05, 0.1) is 6.54 Å². The van der Waals surface area contributed by atoms with Crippen molar-refractivity contribution in [2.24, 2.45) is 0 Å². The molecule has 0 amide bonds. The van der Waals surface area contributed by atoms with Crippen molar-refractivity contribution >= 4 is 5.78 Å². The van der Waals surface area contributed by atoms with Gasteiger partial charge in [0.1, 0.15) is 5.78 Å². The summed E-state index contributed by atoms with van der Waals surface area (Å²) in [5.74, 6) is 0.911. The Morgan fingerprint density at radius 2 is 2.00 bits per heavy atom. The third kappa shape index (κ3) is 2.89. The Hall–Kier alpha value is -1.22. The zero-order chi connectivity index (χ0) is 11.4. The molecule has 2 heterocycles. The van der Waals surface area contributed by atoms with Gasteiger partial charge in [0, 0.05) is 12.4 Å². The number of piperidine rings is 1. The highest BCUT2D eigenvalue weighted by Gasteiger charge is 2.20. The molecular formula is C13H18N2O. The molecule has 1 fully saturated rings. The summed E-state index contributed by atoms with van der Waals surface area (Å²) in [5.41, 5.74) is 1.39. The van der Waals surface area contributed by atoms with Gasteiger partial charge in [-0.15, -0.1) is 0 Å². The largest absolute Gasteiger partial charge is 0.299 e. The van der Waals surface area contributed by atoms with E-state index in [4.69, 9.17) is 0 Å². The van der Waals surface area contributed by atoms with E-state index in [0.29, 0.717) is 12.5 Å². The Bertz CT molecular complexity index is 342. The van der Waals surface area contributed by atoms with Crippen LogP contribution in [0.15, 0.2) is 24.5 Å². The topological polar surface area (TPSA) is 33.2 Å². The van der Waals surface area contributed by atoms with Crippen molar-refractivity contribution < 1.29 is 4.79 Å². The quantitative estimate of drug-likeness (QED) is 0.776. The molecule has 0 atom stereocenters. The number of rotatable bonds is 3. The second kappa shape index (κ2) is 5.21. The van der Waals surface area contributed by atoms with Gasteiger partial charge >= 0.3 is 0 Å². The molecule has 0 radical (unpaired) electrons. The van der Waals surface area contributed by atoms with Gasteiger partial charge in [-0.1, -0.05) is 0 Å². The molecule has 2 rings (SSSR count). The van der Waals surface area contributed by atoms with E-state index < -0.39 is 0 Å². The predicted molar refractivity (Wildman–Crippen MR) is 63.3 cm³/mol. The van der Waals surface area contributed by atoms with Crippen LogP contribution >= 0.6 is 0 Å². The van der Waals surface area contributed by atoms with Gasteiger partial charge in [-0.2, -0.15) is 0 Å². The molecule has 3 heteroatoms. The van der Waals surface area contributed by atoms with Crippen LogP contribution in [0.4, 0.5) is 0 Å². The molecule has 1 aromatic heterocycles. The van der Waals surface area contributed by atoms with Crippen LogP contribution in [-0.2, 0) is 4.79 Å². The summed E-state index contributed by atoms with van der Waals surface area (Å²) in [7, 11) is 0. The average Bonchev–Trinajstić information content (AvgIpc) is 2.30. The Balaban J connectivity index is 1.88. The van der Waals surface area contributed by atoms with Gasteiger partial charge in [0.25, 0.3) is 0 Å². The minimum Gasteiger partial charge on any atom is -0.299 e. The lowest BCUT2D eigenvalue weighted by Gasteiger charge is -2.31. The highest BCUT2D eigenvalue weighted by molar-refractivity contribution is 5.77. The fourth-order valence-electron chi connectivity index (χ4n) is 2.37. The van der Waals surface area contributed by atoms with E-state index >= 15 is 0 Å². The van der Waals surface area contributed by atoms with E-state index in [-0.39, 0.29) is 5.78 Å². The molecule has 1 aromatic rings. The predicted octanol–water partition coefficient (Wildman–Crippen LogP) is 1.85. The minimum atomic E-state index is 0.266. The number of ketones is 1. The van der Waals surface area contributed by atoms with Crippen molar-refractivity contribution in [1.82, 2.24) is 9.88 Å². The van der Waals surface area contributed by atoms with Crippen molar-refractivity contribution in [3.05, 3.63) is 30.1 Å². The zero-order valence-corrected chi connectivity index (χ0v) is 9.72. The van der Waals surface area contributed by atoms with Gasteiger partial charge < -0.3 is 0 Å². The number of likely N-dealkylation sites (tertiary alicyclic amines) is 1. The van der Waals surface area contributed by atoms with Gasteiger partial charge in [0.2, 0.25) is 0 Å². The second-order valence-corrected chi connectivity index (χ2v) is 4.53. The summed E-state index contributed by atoms with van der Waals surface area (Å²) in [6.45, 7) is 4.34. The molecule has 0 unspecified atom stereocenters. The lowest BCUT2D eigenvalue weighted by atomic mass is 9.90. The normalized spacial score (nSPS) is 18.6. The third-order valence-electron chi connectivity index (χ3n) is 3.21. The first-order valence-electron chi connectivity index (χ1n) is 5.87. The highest BCUT2D eigenvalue weighted by Crippen LogP contribution is 2.27. The van der Waals surface area contributed by atoms with E-state index in [0.717, 1.165) is 25.9 Å². The Morgan fingerprint density at radius 1 is 1.38 bits per heavy atom. The Kier molecular flexibility index (Phi) is 3.67. The van der Waals surface area contributed by atoms with Crippen molar-refractivity contribution in [2.45, 2.75) is 25.7 Å². The number of hydrogen-bond donors (Lipinski definition) is 0. The number of hydrogen-bond acceptors (Lipinski definition) is 3. The first-order chi connectivity index (χ1) is 7.75. The zero-order valence-electron chi connectivity index (χ0n) is 9.72. The molecule has 0 saturated carbocycles. The summed E-state index contributed by atoms with van der Waals surface area (Å²) < 4.78 is 0. The first-order valence-corrected chi connectivity index (χ1v) is 5.87. The maximum atomic E-state index is 11.0. The van der Waals surface area contributed by atoms with Crippen LogP contribution in [0.1, 0.15) is 31.2 Å². The van der Waals surface area contributed by atoms with E-state index in [2.05, 4.69) is 22.0 Å². The van der Waals surface area contributed by atoms with Gasteiger partial charge in [-0.25, -0.2) is 0 Å². The van der Waals surface area contributed by atoms with Crippen LogP contribution in [-0.4, -0.2) is 35.3 Å². The van der Waals surface area contributed by atoms with Crippen LogP contribution in [0.2, 0.25) is 0 Å². The van der Waals surface area contributed by atoms with Crippen LogP contribution in [0.5, 0.6) is 0 Å². The van der Waals surface area contributed by atoms with E-state index in [1.807, 2.05) is 12.4 Å². The lowest BCUT2D eigenvalue weighted by molar-refractivity contribution is -0.118. The third-order valence-corrected chi connectivity index (χ3v) is 3.21. The molecule has 0 aromatic carbocycles. The number of nitrogens with zero attached hydrogens (tertiary/aromatic N) is 2. The van der Waals surface area contributed by atoms with Gasteiger partial charge in [-0.3, -0.25) is 14.7 Å². The average molecular weight is 218 g/mol. The fraction of sp³-hybridized carbons (Fsp3) is 0.538. The SMILES string of the molecule is CC(=O)CN1CCC(c2ccncc2)CC1. The van der Waals surface area contributed by atoms with E-state index in [1.165, 1.54) is 5.56 Å². The summed E-state index contributed by atoms with van der Waals surface area (Å²) >= 11 is 0. The molecule has 0 spiro atoms. The molecule has 0 bridgehead atoms. The number of Topliss-reactive ketones (excluding diaryl/α,β-unsaturated/α-hetero) is 1. The van der Waals surface area contributed by atoms with Gasteiger partial charge in [-0.05, 0) is 56.5 Å². The van der Waals surface area contributed by atoms with Crippen molar-refractivity contribution in [2.75, 3.05) is 19.6 Å². The van der Waals surface area contributed by atoms with Crippen molar-refractivity contribution in [3.63, 3.8) is 0 Å². The maximum absolute atomic E-state index is 11.0. The Morgan fingerprint density at radius 3 is 2.56 bits per heavy atom. The smallest absolute Gasteiger partial charge is 0.143 e. The number of pyridine rings is 1. The summed E-state index contributed by atoms with van der Waals surface area (Å²) in [5, 5.41) is 0. The maximum Gasteiger partial charge on any atom is 0.143 e. The molecular weight excluding hydrogens is 200 g/mol. The number of carbonyl (C=O) groups excluding carboxylic acids is 1. The minimum absolute atomic E-state index is 0.266. The molecule has 0 aliphatic carbocycles. The van der Waals surface area contributed by atoms with Crippen LogP contribution in [0.25, 0.3) is 0 Å². The number of aromatic nitrogens is 1. The molecule has 1 aliphatic heterocycles. The highest BCUT2D eigenvalue weighted by atomic mass is 16.1. The Labute approximate surface area is 96.5 Å². The summed E-state index contributed by atoms with van der Waals surface area (Å²) in [6.07, 6.45) is 6.02. The molecule has 1 saturated heterocycles. The summed E-state index contributed by atoms with van der Waals surface area (Å²) in [4.78, 5) is 17.3. The molecule has 3 nitrogen and oxygen atoms in total. The van der Waals surface area contributed by atoms with Crippen molar-refractivity contribution in [1.29, 1.82) is 0 Å². The first kappa shape index (κ1) is 11.3. The van der Waals surface area contributed by atoms with E-state index in [1.54, 1.807) is 6.92 Å². The number of carbonyl (C=O) groups is 1. The molecule has 0 N–H and O–H groups in total. The monoisotopic (exact) mass is 218 g/mol. The van der Waals surface area contributed by atoms with Crippen LogP contribution < -0.4 is 0 Å². The van der Waals surface area contributed by atoms with Crippen LogP contribution in [0.3, 0.4) is 0 Å². The molecule has 86 valence electrons. The standard InChI is InChI=1S/C13H18N2O/c1-11(16)10-15-8-4-13(5-9-15)12-2-6-14-7-3-12/h2-3,6-7,13H,4-5,8-10H2,1H3. The van der Waals surface area contributed by atoms with E-state index in [9.17, 15) is 4.79 Å². The van der Waals surface area contributed by atoms with Crippen LogP contribution in [0, 0.1) is 0 Å². The molecule has 1 aliphatic rings. The van der Waals surface area contributed by atoms with Crippen molar-refractivity contribution in [3.8, 4) is 0 Å². The fourth-order valence-corrected chi connectivity index (χ4v) is 2.37. The molecule has 16 heavy (non-hydrogen) atoms. The van der Waals surface area contributed by atoms with Gasteiger partial charge in [0.15, 0.2) is 0 Å². The lowest BCUT2D eigenvalue weighted by Crippen LogP contribution is -2.36. The second-order valence-electron chi connectivity index (χ2n) is 4.53. The summed E-state index contributed by atoms with van der Waals surface area (Å²) in [6, 6.07) is 4.20.